The molecular weight excluding hydrogens is 300 g/mol. The Morgan fingerprint density at radius 1 is 1.18 bits per heavy atom. The minimum Gasteiger partial charge on any atom is -0.229 e. The third-order valence-electron chi connectivity index (χ3n) is 2.75. The molecule has 1 rings (SSSR count). The molecule has 0 amide bonds. The maximum atomic E-state index is 11.7. The van der Waals surface area contributed by atoms with E-state index in [0.29, 0.717) is 18.6 Å². The van der Waals surface area contributed by atoms with Gasteiger partial charge in [-0.2, -0.15) is 0 Å². The van der Waals surface area contributed by atoms with E-state index in [2.05, 4.69) is 28.1 Å². The van der Waals surface area contributed by atoms with Crippen molar-refractivity contribution in [3.63, 3.8) is 0 Å². The maximum absolute atomic E-state index is 11.7. The number of hydrogen-bond acceptors (Lipinski definition) is 2. The van der Waals surface area contributed by atoms with E-state index in [0.717, 1.165) is 5.33 Å². The molecule has 1 atom stereocenters. The number of halogens is 1. The average molecular weight is 319 g/mol. The fourth-order valence-corrected chi connectivity index (χ4v) is 3.96. The summed E-state index contributed by atoms with van der Waals surface area (Å²) in [6.07, 6.45) is 1.39. The van der Waals surface area contributed by atoms with Gasteiger partial charge in [-0.1, -0.05) is 53.2 Å². The van der Waals surface area contributed by atoms with Crippen LogP contribution in [0.1, 0.15) is 31.2 Å². The van der Waals surface area contributed by atoms with Crippen LogP contribution in [-0.4, -0.2) is 25.3 Å². The zero-order valence-corrected chi connectivity index (χ0v) is 12.5. The summed E-state index contributed by atoms with van der Waals surface area (Å²) in [4.78, 5) is 0. The van der Waals surface area contributed by atoms with Crippen molar-refractivity contribution in [2.45, 2.75) is 25.7 Å². The van der Waals surface area contributed by atoms with Gasteiger partial charge in [-0.05, 0) is 24.3 Å². The number of sulfone groups is 1. The molecule has 2 nitrogen and oxygen atoms in total. The molecule has 0 saturated heterocycles. The first-order chi connectivity index (χ1) is 8.09. The van der Waals surface area contributed by atoms with Crippen LogP contribution in [0.4, 0.5) is 0 Å². The smallest absolute Gasteiger partial charge is 0.150 e. The summed E-state index contributed by atoms with van der Waals surface area (Å²) in [6.45, 7) is 1.90. The van der Waals surface area contributed by atoms with Crippen LogP contribution in [0.15, 0.2) is 30.3 Å². The van der Waals surface area contributed by atoms with E-state index in [1.807, 2.05) is 25.1 Å². The topological polar surface area (TPSA) is 34.1 Å². The lowest BCUT2D eigenvalue weighted by atomic mass is 9.99. The molecule has 1 aromatic rings. The van der Waals surface area contributed by atoms with Crippen molar-refractivity contribution >= 4 is 25.8 Å². The minimum absolute atomic E-state index is 0.280. The van der Waals surface area contributed by atoms with Crippen LogP contribution < -0.4 is 0 Å². The quantitative estimate of drug-likeness (QED) is 0.722. The summed E-state index contributed by atoms with van der Waals surface area (Å²) in [5, 5.41) is 0.804. The van der Waals surface area contributed by atoms with E-state index in [-0.39, 0.29) is 11.7 Å². The Morgan fingerprint density at radius 3 is 2.35 bits per heavy atom. The summed E-state index contributed by atoms with van der Waals surface area (Å²) < 4.78 is 23.3. The van der Waals surface area contributed by atoms with Crippen molar-refractivity contribution < 1.29 is 8.42 Å². The van der Waals surface area contributed by atoms with Crippen LogP contribution in [0, 0.1) is 0 Å². The molecule has 1 unspecified atom stereocenters. The Kier molecular flexibility index (Phi) is 6.20. The van der Waals surface area contributed by atoms with Crippen molar-refractivity contribution in [1.29, 1.82) is 0 Å². The molecule has 0 saturated carbocycles. The van der Waals surface area contributed by atoms with Gasteiger partial charge in [0.1, 0.15) is 9.84 Å². The third-order valence-corrected chi connectivity index (χ3v) is 5.42. The highest BCUT2D eigenvalue weighted by molar-refractivity contribution is 9.09. The molecule has 0 bridgehead atoms. The van der Waals surface area contributed by atoms with Crippen LogP contribution >= 0.6 is 15.9 Å². The standard InChI is InChI=1S/C13H19BrO2S/c1-2-9-17(15,16)10-8-13(11-14)12-6-4-3-5-7-12/h3-7,13H,2,8-11H2,1H3. The molecule has 0 radical (unpaired) electrons. The molecule has 0 N–H and O–H groups in total. The molecule has 0 fully saturated rings. The number of benzene rings is 1. The number of rotatable bonds is 7. The predicted octanol–water partition coefficient (Wildman–Crippen LogP) is 3.38. The van der Waals surface area contributed by atoms with Gasteiger partial charge in [0.2, 0.25) is 0 Å². The van der Waals surface area contributed by atoms with Crippen molar-refractivity contribution in [1.82, 2.24) is 0 Å². The average Bonchev–Trinajstić information content (AvgIpc) is 2.31. The second kappa shape index (κ2) is 7.17. The molecule has 1 aromatic carbocycles. The molecule has 0 heterocycles. The normalized spacial score (nSPS) is 13.5. The van der Waals surface area contributed by atoms with Gasteiger partial charge in [0.15, 0.2) is 0 Å². The Hall–Kier alpha value is -0.350. The van der Waals surface area contributed by atoms with Crippen LogP contribution in [0.3, 0.4) is 0 Å². The predicted molar refractivity (Wildman–Crippen MR) is 76.5 cm³/mol. The van der Waals surface area contributed by atoms with Crippen LogP contribution in [0.5, 0.6) is 0 Å². The SMILES string of the molecule is CCCS(=O)(=O)CCC(CBr)c1ccccc1. The highest BCUT2D eigenvalue weighted by Crippen LogP contribution is 2.22. The molecular formula is C13H19BrO2S. The van der Waals surface area contributed by atoms with E-state index in [4.69, 9.17) is 0 Å². The van der Waals surface area contributed by atoms with Gasteiger partial charge in [-0.3, -0.25) is 0 Å². The zero-order valence-electron chi connectivity index (χ0n) is 10.1. The highest BCUT2D eigenvalue weighted by atomic mass is 79.9. The molecule has 96 valence electrons. The van der Waals surface area contributed by atoms with Gasteiger partial charge in [-0.25, -0.2) is 8.42 Å². The first kappa shape index (κ1) is 14.7. The molecule has 0 aromatic heterocycles. The largest absolute Gasteiger partial charge is 0.229 e. The fourth-order valence-electron chi connectivity index (χ4n) is 1.79. The Balaban J connectivity index is 2.60. The van der Waals surface area contributed by atoms with Crippen LogP contribution in [-0.2, 0) is 9.84 Å². The molecule has 0 aliphatic rings. The van der Waals surface area contributed by atoms with E-state index in [9.17, 15) is 8.42 Å². The number of hydrogen-bond donors (Lipinski definition) is 0. The van der Waals surface area contributed by atoms with Gasteiger partial charge >= 0.3 is 0 Å². The van der Waals surface area contributed by atoms with Gasteiger partial charge in [0.05, 0.1) is 5.75 Å². The molecule has 0 aliphatic heterocycles. The molecule has 17 heavy (non-hydrogen) atoms. The molecule has 4 heteroatoms. The summed E-state index contributed by atoms with van der Waals surface area (Å²) in [6, 6.07) is 10.1. The fraction of sp³-hybridized carbons (Fsp3) is 0.538. The minimum atomic E-state index is -2.87. The molecule has 0 aliphatic carbocycles. The lowest BCUT2D eigenvalue weighted by molar-refractivity contribution is 0.588. The summed E-state index contributed by atoms with van der Waals surface area (Å²) in [5.41, 5.74) is 1.20. The van der Waals surface area contributed by atoms with Crippen molar-refractivity contribution in [3.8, 4) is 0 Å². The molecule has 0 spiro atoms. The van der Waals surface area contributed by atoms with Crippen molar-refractivity contribution in [3.05, 3.63) is 35.9 Å². The Morgan fingerprint density at radius 2 is 1.82 bits per heavy atom. The maximum Gasteiger partial charge on any atom is 0.150 e. The van der Waals surface area contributed by atoms with E-state index >= 15 is 0 Å². The monoisotopic (exact) mass is 318 g/mol. The van der Waals surface area contributed by atoms with Gasteiger partial charge in [-0.15, -0.1) is 0 Å². The second-order valence-corrected chi connectivity index (χ2v) is 7.15. The highest BCUT2D eigenvalue weighted by Gasteiger charge is 2.15. The van der Waals surface area contributed by atoms with Crippen LogP contribution in [0.2, 0.25) is 0 Å². The third kappa shape index (κ3) is 5.21. The summed E-state index contributed by atoms with van der Waals surface area (Å²) in [7, 11) is -2.87. The Bertz CT molecular complexity index is 414. The van der Waals surface area contributed by atoms with E-state index < -0.39 is 9.84 Å². The van der Waals surface area contributed by atoms with E-state index in [1.165, 1.54) is 5.56 Å². The first-order valence-electron chi connectivity index (χ1n) is 5.90. The van der Waals surface area contributed by atoms with Crippen molar-refractivity contribution in [2.24, 2.45) is 0 Å². The van der Waals surface area contributed by atoms with E-state index in [1.54, 1.807) is 0 Å². The van der Waals surface area contributed by atoms with Gasteiger partial charge in [0, 0.05) is 11.1 Å². The van der Waals surface area contributed by atoms with Crippen molar-refractivity contribution in [2.75, 3.05) is 16.8 Å². The van der Waals surface area contributed by atoms with Gasteiger partial charge < -0.3 is 0 Å². The second-order valence-electron chi connectivity index (χ2n) is 4.20. The number of alkyl halides is 1. The summed E-state index contributed by atoms with van der Waals surface area (Å²) >= 11 is 3.46. The van der Waals surface area contributed by atoms with Gasteiger partial charge in [0.25, 0.3) is 0 Å². The first-order valence-corrected chi connectivity index (χ1v) is 8.84. The Labute approximate surface area is 112 Å². The lowest BCUT2D eigenvalue weighted by Gasteiger charge is -2.14. The summed E-state index contributed by atoms with van der Waals surface area (Å²) in [5.74, 6) is 0.867. The zero-order chi connectivity index (χ0) is 12.7. The lowest BCUT2D eigenvalue weighted by Crippen LogP contribution is -2.14. The van der Waals surface area contributed by atoms with Crippen LogP contribution in [0.25, 0.3) is 0 Å².